The molecule has 4 nitrogen and oxygen atoms in total. The van der Waals surface area contributed by atoms with Crippen LogP contribution in [0, 0.1) is 5.82 Å². The Labute approximate surface area is 111 Å². The molecule has 1 fully saturated rings. The van der Waals surface area contributed by atoms with Crippen molar-refractivity contribution in [3.63, 3.8) is 0 Å². The standard InChI is InChI=1S/C14H17FN4/c15-12-4-1-3-11(9-12)13-10-14(18-17-13)19-7-2-5-16-6-8-19/h1,3-4,9-10,16H,2,5-8H2,(H,17,18). The molecule has 0 radical (unpaired) electrons. The van der Waals surface area contributed by atoms with Gasteiger partial charge >= 0.3 is 0 Å². The van der Waals surface area contributed by atoms with E-state index in [1.807, 2.05) is 12.1 Å². The molecule has 0 amide bonds. The van der Waals surface area contributed by atoms with Gasteiger partial charge in [0.1, 0.15) is 5.82 Å². The summed E-state index contributed by atoms with van der Waals surface area (Å²) in [5.41, 5.74) is 1.68. The van der Waals surface area contributed by atoms with Crippen LogP contribution in [0.15, 0.2) is 30.3 Å². The first-order valence-corrected chi connectivity index (χ1v) is 6.60. The van der Waals surface area contributed by atoms with E-state index in [2.05, 4.69) is 20.4 Å². The number of nitrogens with zero attached hydrogens (tertiary/aromatic N) is 2. The third kappa shape index (κ3) is 2.76. The van der Waals surface area contributed by atoms with E-state index in [0.29, 0.717) is 0 Å². The van der Waals surface area contributed by atoms with E-state index in [-0.39, 0.29) is 5.82 Å². The maximum atomic E-state index is 13.2. The zero-order valence-corrected chi connectivity index (χ0v) is 10.7. The molecule has 1 saturated heterocycles. The first kappa shape index (κ1) is 12.2. The minimum atomic E-state index is -0.229. The molecule has 5 heteroatoms. The largest absolute Gasteiger partial charge is 0.354 e. The Morgan fingerprint density at radius 2 is 2.11 bits per heavy atom. The van der Waals surface area contributed by atoms with Crippen LogP contribution < -0.4 is 10.2 Å². The molecule has 1 aliphatic rings. The van der Waals surface area contributed by atoms with Crippen LogP contribution in [0.3, 0.4) is 0 Å². The summed E-state index contributed by atoms with van der Waals surface area (Å²) in [7, 11) is 0. The van der Waals surface area contributed by atoms with Crippen LogP contribution in [-0.2, 0) is 0 Å². The monoisotopic (exact) mass is 260 g/mol. The fourth-order valence-electron chi connectivity index (χ4n) is 2.35. The molecule has 1 aromatic heterocycles. The fourth-order valence-corrected chi connectivity index (χ4v) is 2.35. The summed E-state index contributed by atoms with van der Waals surface area (Å²) >= 11 is 0. The zero-order valence-electron chi connectivity index (χ0n) is 10.7. The number of nitrogens with one attached hydrogen (secondary N) is 2. The molecule has 3 rings (SSSR count). The van der Waals surface area contributed by atoms with Crippen LogP contribution in [-0.4, -0.2) is 36.4 Å². The summed E-state index contributed by atoms with van der Waals surface area (Å²) in [6.07, 6.45) is 1.11. The lowest BCUT2D eigenvalue weighted by atomic mass is 10.1. The number of aromatic nitrogens is 2. The number of aromatic amines is 1. The van der Waals surface area contributed by atoms with E-state index in [0.717, 1.165) is 49.7 Å². The van der Waals surface area contributed by atoms with E-state index < -0.39 is 0 Å². The summed E-state index contributed by atoms with van der Waals surface area (Å²) < 4.78 is 13.2. The number of hydrogen-bond donors (Lipinski definition) is 2. The predicted octanol–water partition coefficient (Wildman–Crippen LogP) is 2.02. The first-order valence-electron chi connectivity index (χ1n) is 6.60. The molecule has 0 aliphatic carbocycles. The van der Waals surface area contributed by atoms with E-state index in [1.54, 1.807) is 6.07 Å². The molecule has 0 bridgehead atoms. The Kier molecular flexibility index (Phi) is 3.46. The van der Waals surface area contributed by atoms with Gasteiger partial charge in [0, 0.05) is 31.3 Å². The highest BCUT2D eigenvalue weighted by Crippen LogP contribution is 2.22. The lowest BCUT2D eigenvalue weighted by molar-refractivity contribution is 0.628. The zero-order chi connectivity index (χ0) is 13.1. The molecular weight excluding hydrogens is 243 g/mol. The molecule has 1 aliphatic heterocycles. The van der Waals surface area contributed by atoms with Gasteiger partial charge in [-0.15, -0.1) is 0 Å². The minimum absolute atomic E-state index is 0.229. The molecule has 100 valence electrons. The smallest absolute Gasteiger partial charge is 0.151 e. The van der Waals surface area contributed by atoms with Crippen LogP contribution in [0.1, 0.15) is 6.42 Å². The average Bonchev–Trinajstić information content (AvgIpc) is 2.75. The van der Waals surface area contributed by atoms with Gasteiger partial charge in [-0.25, -0.2) is 4.39 Å². The fraction of sp³-hybridized carbons (Fsp3) is 0.357. The van der Waals surface area contributed by atoms with Crippen molar-refractivity contribution in [2.24, 2.45) is 0 Å². The van der Waals surface area contributed by atoms with Crippen molar-refractivity contribution in [1.82, 2.24) is 15.5 Å². The molecule has 2 aromatic rings. The van der Waals surface area contributed by atoms with E-state index >= 15 is 0 Å². The van der Waals surface area contributed by atoms with Crippen LogP contribution in [0.5, 0.6) is 0 Å². The normalized spacial score (nSPS) is 16.4. The van der Waals surface area contributed by atoms with Crippen LogP contribution in [0.4, 0.5) is 10.2 Å². The molecule has 0 unspecified atom stereocenters. The van der Waals surface area contributed by atoms with Crippen molar-refractivity contribution in [3.8, 4) is 11.3 Å². The first-order chi connectivity index (χ1) is 9.33. The van der Waals surface area contributed by atoms with Gasteiger partial charge in [0.25, 0.3) is 0 Å². The molecular formula is C14H17FN4. The van der Waals surface area contributed by atoms with Gasteiger partial charge in [-0.2, -0.15) is 5.10 Å². The quantitative estimate of drug-likeness (QED) is 0.868. The Hall–Kier alpha value is -1.88. The lowest BCUT2D eigenvalue weighted by Gasteiger charge is -2.18. The highest BCUT2D eigenvalue weighted by atomic mass is 19.1. The van der Waals surface area contributed by atoms with Crippen molar-refractivity contribution >= 4 is 5.82 Å². The van der Waals surface area contributed by atoms with Crippen LogP contribution in [0.2, 0.25) is 0 Å². The van der Waals surface area contributed by atoms with E-state index in [1.165, 1.54) is 12.1 Å². The maximum Gasteiger partial charge on any atom is 0.151 e. The number of H-pyrrole nitrogens is 1. The summed E-state index contributed by atoms with van der Waals surface area (Å²) in [6.45, 7) is 3.98. The molecule has 19 heavy (non-hydrogen) atoms. The van der Waals surface area contributed by atoms with Crippen molar-refractivity contribution < 1.29 is 4.39 Å². The Bertz CT molecular complexity index is 544. The number of hydrogen-bond acceptors (Lipinski definition) is 3. The van der Waals surface area contributed by atoms with Gasteiger partial charge in [0.15, 0.2) is 5.82 Å². The van der Waals surface area contributed by atoms with Gasteiger partial charge in [0.2, 0.25) is 0 Å². The van der Waals surface area contributed by atoms with Crippen molar-refractivity contribution in [2.45, 2.75) is 6.42 Å². The van der Waals surface area contributed by atoms with Gasteiger partial charge in [-0.05, 0) is 25.1 Å². The second-order valence-corrected chi connectivity index (χ2v) is 4.74. The topological polar surface area (TPSA) is 44.0 Å². The molecule has 2 N–H and O–H groups in total. The summed E-state index contributed by atoms with van der Waals surface area (Å²) in [5.74, 6) is 0.704. The number of benzene rings is 1. The predicted molar refractivity (Wildman–Crippen MR) is 73.7 cm³/mol. The van der Waals surface area contributed by atoms with Crippen LogP contribution >= 0.6 is 0 Å². The minimum Gasteiger partial charge on any atom is -0.354 e. The summed E-state index contributed by atoms with van der Waals surface area (Å²) in [5, 5.41) is 10.7. The maximum absolute atomic E-state index is 13.2. The van der Waals surface area contributed by atoms with Crippen LogP contribution in [0.25, 0.3) is 11.3 Å². The second kappa shape index (κ2) is 5.40. The number of halogens is 1. The highest BCUT2D eigenvalue weighted by molar-refractivity contribution is 5.63. The van der Waals surface area contributed by atoms with Gasteiger partial charge < -0.3 is 10.2 Å². The number of anilines is 1. The SMILES string of the molecule is Fc1cccc(-c2cc(N3CCCNCC3)n[nH]2)c1. The average molecular weight is 260 g/mol. The van der Waals surface area contributed by atoms with Gasteiger partial charge in [-0.3, -0.25) is 5.10 Å². The summed E-state index contributed by atoms with van der Waals surface area (Å²) in [4.78, 5) is 2.25. The van der Waals surface area contributed by atoms with Crippen molar-refractivity contribution in [2.75, 3.05) is 31.1 Å². The summed E-state index contributed by atoms with van der Waals surface area (Å²) in [6, 6.07) is 8.54. The second-order valence-electron chi connectivity index (χ2n) is 4.74. The molecule has 0 spiro atoms. The van der Waals surface area contributed by atoms with E-state index in [4.69, 9.17) is 0 Å². The van der Waals surface area contributed by atoms with Crippen molar-refractivity contribution in [1.29, 1.82) is 0 Å². The van der Waals surface area contributed by atoms with Crippen molar-refractivity contribution in [3.05, 3.63) is 36.1 Å². The molecule has 0 atom stereocenters. The third-order valence-electron chi connectivity index (χ3n) is 3.36. The van der Waals surface area contributed by atoms with E-state index in [9.17, 15) is 4.39 Å². The Balaban J connectivity index is 1.82. The molecule has 1 aromatic carbocycles. The molecule has 2 heterocycles. The highest BCUT2D eigenvalue weighted by Gasteiger charge is 2.13. The lowest BCUT2D eigenvalue weighted by Crippen LogP contribution is -2.28. The van der Waals surface area contributed by atoms with Gasteiger partial charge in [-0.1, -0.05) is 12.1 Å². The van der Waals surface area contributed by atoms with Gasteiger partial charge in [0.05, 0.1) is 5.69 Å². The Morgan fingerprint density at radius 3 is 3.00 bits per heavy atom. The Morgan fingerprint density at radius 1 is 1.16 bits per heavy atom. The number of rotatable bonds is 2. The third-order valence-corrected chi connectivity index (χ3v) is 3.36. The molecule has 0 saturated carbocycles.